The average molecular weight is 865 g/mol. The highest BCUT2D eigenvalue weighted by atomic mass is 16.5. The minimum Gasteiger partial charge on any atom is -0.494 e. The molecule has 0 aliphatic carbocycles. The number of esters is 5. The standard InChI is InChI=1S/C51H60O12/c1-3-47(52)59-36-15-11-7-5-9-13-34-57-43-27-19-41(20-28-43)50(55)62-45-25-17-39(18-26-45)33-38-61-49(54)40-23-31-46(32-24-40)63-51(56)42-21-29-44(30-22-42)58-35-14-10-6-8-12-16-37-60-48(53)4-2/h3,17-32H,1,4-16,33-38H2,2H3. The maximum Gasteiger partial charge on any atom is 0.343 e. The molecule has 336 valence electrons. The molecule has 63 heavy (non-hydrogen) atoms. The highest BCUT2D eigenvalue weighted by molar-refractivity contribution is 5.92. The lowest BCUT2D eigenvalue weighted by Crippen LogP contribution is -2.10. The topological polar surface area (TPSA) is 150 Å². The van der Waals surface area contributed by atoms with Crippen LogP contribution in [0, 0.1) is 0 Å². The van der Waals surface area contributed by atoms with Crippen LogP contribution in [0.3, 0.4) is 0 Å². The fourth-order valence-corrected chi connectivity index (χ4v) is 6.16. The van der Waals surface area contributed by atoms with Crippen molar-refractivity contribution in [2.75, 3.05) is 33.0 Å². The van der Waals surface area contributed by atoms with Crippen molar-refractivity contribution in [3.8, 4) is 23.0 Å². The van der Waals surface area contributed by atoms with E-state index in [2.05, 4.69) is 6.58 Å². The number of carbonyl (C=O) groups excluding carboxylic acids is 5. The third kappa shape index (κ3) is 19.9. The van der Waals surface area contributed by atoms with Gasteiger partial charge >= 0.3 is 29.8 Å². The summed E-state index contributed by atoms with van der Waals surface area (Å²) in [7, 11) is 0. The maximum atomic E-state index is 12.7. The molecule has 0 heterocycles. The highest BCUT2D eigenvalue weighted by Crippen LogP contribution is 2.20. The van der Waals surface area contributed by atoms with Crippen LogP contribution in [-0.4, -0.2) is 62.9 Å². The summed E-state index contributed by atoms with van der Waals surface area (Å²) in [4.78, 5) is 60.3. The molecule has 4 aromatic carbocycles. The molecular formula is C51H60O12. The highest BCUT2D eigenvalue weighted by Gasteiger charge is 2.13. The van der Waals surface area contributed by atoms with Crippen LogP contribution >= 0.6 is 0 Å². The monoisotopic (exact) mass is 864 g/mol. The Kier molecular flexibility index (Phi) is 22.6. The molecule has 4 aromatic rings. The van der Waals surface area contributed by atoms with E-state index in [9.17, 15) is 24.0 Å². The Morgan fingerprint density at radius 3 is 1.25 bits per heavy atom. The van der Waals surface area contributed by atoms with E-state index in [-0.39, 0.29) is 18.5 Å². The fourth-order valence-electron chi connectivity index (χ4n) is 6.16. The van der Waals surface area contributed by atoms with E-state index in [1.165, 1.54) is 18.2 Å². The predicted molar refractivity (Wildman–Crippen MR) is 238 cm³/mol. The first kappa shape index (κ1) is 49.2. The summed E-state index contributed by atoms with van der Waals surface area (Å²) in [6.45, 7) is 7.39. The second-order valence-corrected chi connectivity index (χ2v) is 14.8. The van der Waals surface area contributed by atoms with E-state index in [1.54, 1.807) is 79.7 Å². The molecule has 0 aliphatic rings. The van der Waals surface area contributed by atoms with Crippen molar-refractivity contribution >= 4 is 29.8 Å². The first-order chi connectivity index (χ1) is 30.7. The third-order valence-electron chi connectivity index (χ3n) is 9.82. The minimum absolute atomic E-state index is 0.139. The van der Waals surface area contributed by atoms with Crippen molar-refractivity contribution in [1.29, 1.82) is 0 Å². The van der Waals surface area contributed by atoms with Crippen LogP contribution < -0.4 is 18.9 Å². The van der Waals surface area contributed by atoms with E-state index in [0.717, 1.165) is 82.6 Å². The van der Waals surface area contributed by atoms with E-state index in [4.69, 9.17) is 33.2 Å². The lowest BCUT2D eigenvalue weighted by Gasteiger charge is -2.09. The molecule has 0 unspecified atom stereocenters. The normalized spacial score (nSPS) is 10.6. The molecule has 0 fully saturated rings. The number of ether oxygens (including phenoxy) is 7. The summed E-state index contributed by atoms with van der Waals surface area (Å²) in [6.07, 6.45) is 14.1. The van der Waals surface area contributed by atoms with Crippen molar-refractivity contribution in [2.24, 2.45) is 0 Å². The lowest BCUT2D eigenvalue weighted by atomic mass is 10.1. The SMILES string of the molecule is C=CC(=O)OCCCCCCCCOc1ccc(C(=O)Oc2ccc(CCOC(=O)c3ccc(OC(=O)c4ccc(OCCCCCCCCOC(=O)CC)cc4)cc3)cc2)cc1. The van der Waals surface area contributed by atoms with Crippen molar-refractivity contribution in [3.63, 3.8) is 0 Å². The Hall–Kier alpha value is -6.43. The van der Waals surface area contributed by atoms with E-state index < -0.39 is 17.9 Å². The van der Waals surface area contributed by atoms with E-state index >= 15 is 0 Å². The van der Waals surface area contributed by atoms with Crippen molar-refractivity contribution < 1.29 is 57.1 Å². The molecule has 0 N–H and O–H groups in total. The number of benzene rings is 4. The maximum absolute atomic E-state index is 12.7. The average Bonchev–Trinajstić information content (AvgIpc) is 3.31. The predicted octanol–water partition coefficient (Wildman–Crippen LogP) is 10.6. The Morgan fingerprint density at radius 1 is 0.429 bits per heavy atom. The third-order valence-corrected chi connectivity index (χ3v) is 9.82. The zero-order valence-corrected chi connectivity index (χ0v) is 36.4. The summed E-state index contributed by atoms with van der Waals surface area (Å²) >= 11 is 0. The van der Waals surface area contributed by atoms with Crippen LogP contribution in [0.2, 0.25) is 0 Å². The molecule has 0 amide bonds. The van der Waals surface area contributed by atoms with Crippen molar-refractivity contribution in [2.45, 2.75) is 96.8 Å². The molecular weight excluding hydrogens is 805 g/mol. The second-order valence-electron chi connectivity index (χ2n) is 14.8. The zero-order chi connectivity index (χ0) is 44.9. The number of hydrogen-bond donors (Lipinski definition) is 0. The molecule has 0 aromatic heterocycles. The van der Waals surface area contributed by atoms with Crippen LogP contribution in [-0.2, 0) is 30.2 Å². The van der Waals surface area contributed by atoms with Gasteiger partial charge in [-0.15, -0.1) is 0 Å². The van der Waals surface area contributed by atoms with Crippen LogP contribution in [0.4, 0.5) is 0 Å². The zero-order valence-electron chi connectivity index (χ0n) is 36.4. The molecule has 12 nitrogen and oxygen atoms in total. The van der Waals surface area contributed by atoms with Gasteiger partial charge in [0.05, 0.1) is 49.7 Å². The Bertz CT molecular complexity index is 1990. The Morgan fingerprint density at radius 2 is 0.810 bits per heavy atom. The first-order valence-electron chi connectivity index (χ1n) is 21.9. The fraction of sp³-hybridized carbons (Fsp3) is 0.392. The number of carbonyl (C=O) groups is 5. The Labute approximate surface area is 370 Å². The summed E-state index contributed by atoms with van der Waals surface area (Å²) in [5.41, 5.74) is 1.98. The van der Waals surface area contributed by atoms with Gasteiger partial charge in [-0.25, -0.2) is 19.2 Å². The van der Waals surface area contributed by atoms with Crippen molar-refractivity contribution in [3.05, 3.63) is 132 Å². The van der Waals surface area contributed by atoms with Gasteiger partial charge in [0.1, 0.15) is 23.0 Å². The summed E-state index contributed by atoms with van der Waals surface area (Å²) in [5, 5.41) is 0. The van der Waals surface area contributed by atoms with Gasteiger partial charge in [-0.1, -0.05) is 77.0 Å². The summed E-state index contributed by atoms with van der Waals surface area (Å²) in [6, 6.07) is 26.8. The van der Waals surface area contributed by atoms with E-state index in [0.29, 0.717) is 79.0 Å². The molecule has 12 heteroatoms. The minimum atomic E-state index is -0.531. The van der Waals surface area contributed by atoms with Gasteiger partial charge in [0, 0.05) is 18.9 Å². The van der Waals surface area contributed by atoms with Gasteiger partial charge in [0.2, 0.25) is 0 Å². The largest absolute Gasteiger partial charge is 0.494 e. The van der Waals surface area contributed by atoms with Crippen LogP contribution in [0.1, 0.15) is 127 Å². The van der Waals surface area contributed by atoms with Gasteiger partial charge < -0.3 is 33.2 Å². The first-order valence-corrected chi connectivity index (χ1v) is 21.9. The quantitative estimate of drug-likeness (QED) is 0.0161. The molecule has 0 aliphatic heterocycles. The van der Waals surface area contributed by atoms with Gasteiger partial charge in [-0.2, -0.15) is 0 Å². The molecule has 0 radical (unpaired) electrons. The van der Waals surface area contributed by atoms with Gasteiger partial charge in [0.15, 0.2) is 0 Å². The molecule has 0 bridgehead atoms. The molecule has 0 atom stereocenters. The van der Waals surface area contributed by atoms with Gasteiger partial charge in [0.25, 0.3) is 0 Å². The number of unbranched alkanes of at least 4 members (excludes halogenated alkanes) is 10. The van der Waals surface area contributed by atoms with Gasteiger partial charge in [-0.05, 0) is 116 Å². The van der Waals surface area contributed by atoms with E-state index in [1.807, 2.05) is 12.1 Å². The number of rotatable bonds is 30. The second kappa shape index (κ2) is 29.0. The van der Waals surface area contributed by atoms with Crippen LogP contribution in [0.25, 0.3) is 0 Å². The summed E-state index contributed by atoms with van der Waals surface area (Å²) < 4.78 is 38.2. The number of hydrogen-bond acceptors (Lipinski definition) is 12. The molecule has 0 saturated heterocycles. The molecule has 4 rings (SSSR count). The van der Waals surface area contributed by atoms with Crippen LogP contribution in [0.15, 0.2) is 110 Å². The molecule has 0 spiro atoms. The smallest absolute Gasteiger partial charge is 0.343 e. The Balaban J connectivity index is 1.05. The lowest BCUT2D eigenvalue weighted by molar-refractivity contribution is -0.143. The molecule has 0 saturated carbocycles. The van der Waals surface area contributed by atoms with Crippen LogP contribution in [0.5, 0.6) is 23.0 Å². The summed E-state index contributed by atoms with van der Waals surface area (Å²) in [5.74, 6) is -0.0245. The van der Waals surface area contributed by atoms with Crippen molar-refractivity contribution in [1.82, 2.24) is 0 Å². The van der Waals surface area contributed by atoms with Gasteiger partial charge in [-0.3, -0.25) is 4.79 Å².